The molecule has 0 aliphatic carbocycles. The van der Waals surface area contributed by atoms with Gasteiger partial charge in [-0.1, -0.05) is 149 Å². The number of halogens is 2. The van der Waals surface area contributed by atoms with Crippen molar-refractivity contribution in [2.45, 2.75) is 132 Å². The molecule has 0 aliphatic heterocycles. The number of benzene rings is 2. The molecule has 0 N–H and O–H groups in total. The second-order valence-electron chi connectivity index (χ2n) is 13.1. The fourth-order valence-electron chi connectivity index (χ4n) is 5.19. The van der Waals surface area contributed by atoms with E-state index in [1.807, 2.05) is 58.0 Å². The van der Waals surface area contributed by atoms with E-state index in [9.17, 15) is 0 Å². The number of aryl methyl sites for hydroxylation is 4. The van der Waals surface area contributed by atoms with Crippen molar-refractivity contribution in [1.82, 2.24) is 4.98 Å². The van der Waals surface area contributed by atoms with Gasteiger partial charge >= 0.3 is 17.1 Å². The molecule has 0 spiro atoms. The molecule has 3 aromatic rings. The number of aromatic nitrogens is 1. The Bertz CT molecular complexity index is 1390. The molecule has 49 heavy (non-hydrogen) atoms. The number of aliphatic imine (C=N–C) groups is 2. The molecule has 272 valence electrons. The number of hydrogen-bond donors (Lipinski definition) is 0. The summed E-state index contributed by atoms with van der Waals surface area (Å²) in [6.45, 7) is 34.4. The topological polar surface area (TPSA) is 37.6 Å². The minimum absolute atomic E-state index is 0. The molecule has 8 heteroatoms. The van der Waals surface area contributed by atoms with Crippen LogP contribution in [-0.4, -0.2) is 32.6 Å². The van der Waals surface area contributed by atoms with Crippen LogP contribution < -0.4 is 0 Å². The predicted molar refractivity (Wildman–Crippen MR) is 224 cm³/mol. The molecule has 0 atom stereocenters. The van der Waals surface area contributed by atoms with Crippen LogP contribution >= 0.6 is 23.2 Å². The normalized spacial score (nSPS) is 12.0. The van der Waals surface area contributed by atoms with Crippen molar-refractivity contribution in [2.24, 2.45) is 9.98 Å². The fraction of sp³-hybridized carbons (Fsp3) is 0.488. The van der Waals surface area contributed by atoms with Gasteiger partial charge in [0.15, 0.2) is 0 Å². The second kappa shape index (κ2) is 23.1. The Morgan fingerprint density at radius 1 is 0.612 bits per heavy atom. The molecule has 0 radical (unpaired) electrons. The largest absolute Gasteiger partial charge is 2.00 e. The van der Waals surface area contributed by atoms with Gasteiger partial charge in [-0.3, -0.25) is 0 Å². The molecular weight excluding hydrogens is 717 g/mol. The van der Waals surface area contributed by atoms with E-state index in [4.69, 9.17) is 38.2 Å². The first-order valence-corrected chi connectivity index (χ1v) is 24.4. The maximum Gasteiger partial charge on any atom is 2.00 e. The zero-order valence-electron chi connectivity index (χ0n) is 32.6. The van der Waals surface area contributed by atoms with Gasteiger partial charge in [0, 0.05) is 0 Å². The third-order valence-corrected chi connectivity index (χ3v) is 19.5. The van der Waals surface area contributed by atoms with Crippen LogP contribution in [0.4, 0.5) is 11.4 Å². The maximum atomic E-state index is 6.51. The first-order valence-electron chi connectivity index (χ1n) is 18.0. The van der Waals surface area contributed by atoms with E-state index in [2.05, 4.69) is 80.6 Å². The second-order valence-corrected chi connectivity index (χ2v) is 24.2. The van der Waals surface area contributed by atoms with Gasteiger partial charge in [0.25, 0.3) is 0 Å². The molecule has 1 aromatic heterocycles. The van der Waals surface area contributed by atoms with Crippen LogP contribution in [0.15, 0.2) is 52.4 Å². The van der Waals surface area contributed by atoms with Crippen molar-refractivity contribution in [3.63, 3.8) is 0 Å². The molecule has 3 rings (SSSR count). The van der Waals surface area contributed by atoms with E-state index < -0.39 is 16.1 Å². The van der Waals surface area contributed by atoms with E-state index in [1.165, 1.54) is 36.3 Å². The smallest absolute Gasteiger partial charge is 0.342 e. The Hall–Kier alpha value is -1.54. The molecule has 0 bridgehead atoms. The van der Waals surface area contributed by atoms with Crippen LogP contribution in [0.3, 0.4) is 0 Å². The number of rotatable bonds is 12. The zero-order chi connectivity index (χ0) is 36.7. The number of pyridine rings is 1. The zero-order valence-corrected chi connectivity index (χ0v) is 37.2. The first kappa shape index (κ1) is 47.5. The molecule has 0 amide bonds. The van der Waals surface area contributed by atoms with Gasteiger partial charge in [0.1, 0.15) is 0 Å². The van der Waals surface area contributed by atoms with Gasteiger partial charge in [-0.05, 0) is 87.1 Å². The molecule has 0 unspecified atom stereocenters. The van der Waals surface area contributed by atoms with Gasteiger partial charge in [-0.25, -0.2) is 15.0 Å². The van der Waals surface area contributed by atoms with Gasteiger partial charge in [0.2, 0.25) is 0 Å². The summed E-state index contributed by atoms with van der Waals surface area (Å²) in [5.74, 6) is 0. The minimum Gasteiger partial charge on any atom is -0.342 e. The van der Waals surface area contributed by atoms with E-state index in [0.717, 1.165) is 69.3 Å². The van der Waals surface area contributed by atoms with Crippen LogP contribution in [0.1, 0.15) is 103 Å². The molecule has 0 saturated heterocycles. The summed E-state index contributed by atoms with van der Waals surface area (Å²) in [5, 5.41) is 1.33. The Balaban J connectivity index is 0.00000112. The van der Waals surface area contributed by atoms with Gasteiger partial charge in [0.05, 0.1) is 44.2 Å². The van der Waals surface area contributed by atoms with Crippen LogP contribution in [0.2, 0.25) is 46.3 Å². The third-order valence-electron chi connectivity index (χ3n) is 9.88. The van der Waals surface area contributed by atoms with Gasteiger partial charge in [-0.15, -0.1) is 0 Å². The van der Waals surface area contributed by atoms with E-state index in [0.29, 0.717) is 10.0 Å². The summed E-state index contributed by atoms with van der Waals surface area (Å²) in [5.41, 5.74) is 9.36. The van der Waals surface area contributed by atoms with E-state index in [-0.39, 0.29) is 17.1 Å². The predicted octanol–water partition coefficient (Wildman–Crippen LogP) is 14.1. The Morgan fingerprint density at radius 3 is 1.16 bits per heavy atom. The number of hydrogen-bond acceptors (Lipinski definition) is 3. The summed E-state index contributed by atoms with van der Waals surface area (Å²) in [4.78, 5) is 14.5. The van der Waals surface area contributed by atoms with Crippen molar-refractivity contribution in [3.05, 3.63) is 99.2 Å². The SMILES string of the molecule is CCc1cc(C)cc(Cl)c1N=C(C)c1cccc(C(C)=Nc2c(Cl)cc(C)cc2CC)n1.[CH2-][Si](CC)(CC)CC.[CH2-][Si](CC)(CC)CC.[Fe+2]. The maximum absolute atomic E-state index is 6.51. The molecule has 2 aromatic carbocycles. The molecule has 0 aliphatic rings. The van der Waals surface area contributed by atoms with Crippen molar-refractivity contribution in [3.8, 4) is 0 Å². The number of nitrogens with zero attached hydrogens (tertiary/aromatic N) is 3. The average molecular weight is 781 g/mol. The molecule has 0 fully saturated rings. The molecule has 1 heterocycles. The van der Waals surface area contributed by atoms with Crippen molar-refractivity contribution >= 4 is 62.1 Å². The van der Waals surface area contributed by atoms with E-state index in [1.54, 1.807) is 0 Å². The summed E-state index contributed by atoms with van der Waals surface area (Å²) in [7, 11) is -1.84. The van der Waals surface area contributed by atoms with E-state index >= 15 is 0 Å². The van der Waals surface area contributed by atoms with Crippen LogP contribution in [0.5, 0.6) is 0 Å². The minimum atomic E-state index is -0.921. The van der Waals surface area contributed by atoms with Gasteiger partial charge < -0.3 is 13.1 Å². The Labute approximate surface area is 323 Å². The van der Waals surface area contributed by atoms with Crippen molar-refractivity contribution in [2.75, 3.05) is 0 Å². The summed E-state index contributed by atoms with van der Waals surface area (Å²) >= 11 is 13.0. The summed E-state index contributed by atoms with van der Waals surface area (Å²) in [6, 6.07) is 22.1. The average Bonchev–Trinajstić information content (AvgIpc) is 3.09. The van der Waals surface area contributed by atoms with Crippen molar-refractivity contribution in [1.29, 1.82) is 0 Å². The Kier molecular flexibility index (Phi) is 22.4. The third kappa shape index (κ3) is 14.9. The molecule has 3 nitrogen and oxygen atoms in total. The standard InChI is InChI=1S/C27H29Cl2N3.2C7H17Si.Fe/c1-7-20-12-16(3)14-22(28)26(20)30-18(5)24-10-9-11-25(32-24)19(6)31-27-21(8-2)13-17(4)15-23(27)29;2*1-5-8(4,6-2)7-3;/h9-15H,7-8H2,1-6H3;2*4-7H2,1-3H3;/q;2*-1;+2. The van der Waals surface area contributed by atoms with Crippen LogP contribution in [0.25, 0.3) is 0 Å². The summed E-state index contributed by atoms with van der Waals surface area (Å²) < 4.78 is 0. The van der Waals surface area contributed by atoms with Gasteiger partial charge in [-0.2, -0.15) is 0 Å². The quantitative estimate of drug-likeness (QED) is 0.102. The monoisotopic (exact) mass is 779 g/mol. The first-order chi connectivity index (χ1) is 22.6. The summed E-state index contributed by atoms with van der Waals surface area (Å²) in [6.07, 6.45) is 1.73. The molecular formula is C41H63Cl2FeN3Si2. The Morgan fingerprint density at radius 2 is 0.918 bits per heavy atom. The van der Waals surface area contributed by atoms with Crippen LogP contribution in [-0.2, 0) is 29.9 Å². The molecule has 0 saturated carbocycles. The fourth-order valence-corrected chi connectivity index (χ4v) is 8.86. The van der Waals surface area contributed by atoms with Crippen LogP contribution in [0, 0.1) is 26.9 Å². The van der Waals surface area contributed by atoms with Crippen molar-refractivity contribution < 1.29 is 17.1 Å².